The molecule has 156 valence electrons. The summed E-state index contributed by atoms with van der Waals surface area (Å²) in [6.07, 6.45) is 4.32. The fourth-order valence-corrected chi connectivity index (χ4v) is 4.11. The van der Waals surface area contributed by atoms with Crippen LogP contribution in [0, 0.1) is 29.1 Å². The minimum atomic E-state index is -0.703. The molecule has 1 saturated carbocycles. The molecule has 4 N–H and O–H groups in total. The zero-order valence-electron chi connectivity index (χ0n) is 17.6. The summed E-state index contributed by atoms with van der Waals surface area (Å²) in [6, 6.07) is -0.703. The van der Waals surface area contributed by atoms with E-state index in [1.165, 1.54) is 0 Å². The fraction of sp³-hybridized carbons (Fsp3) is 0.850. The van der Waals surface area contributed by atoms with Crippen LogP contribution in [0.4, 0.5) is 0 Å². The summed E-state index contributed by atoms with van der Waals surface area (Å²) in [4.78, 5) is 38.0. The van der Waals surface area contributed by atoms with Crippen molar-refractivity contribution in [2.24, 2.45) is 29.1 Å². The van der Waals surface area contributed by atoms with E-state index < -0.39 is 29.2 Å². The van der Waals surface area contributed by atoms with Crippen molar-refractivity contribution >= 4 is 17.7 Å². The molecular formula is C20H37N3O4. The molecule has 0 heterocycles. The molecule has 0 bridgehead atoms. The lowest BCUT2D eigenvalue weighted by atomic mass is 9.75. The van der Waals surface area contributed by atoms with Gasteiger partial charge in [-0.2, -0.15) is 0 Å². The maximum Gasteiger partial charge on any atom is 0.247 e. The Bertz CT molecular complexity index is 522. The van der Waals surface area contributed by atoms with Crippen molar-refractivity contribution in [1.29, 1.82) is 0 Å². The second-order valence-electron chi connectivity index (χ2n) is 9.20. The van der Waals surface area contributed by atoms with Crippen molar-refractivity contribution in [3.05, 3.63) is 0 Å². The van der Waals surface area contributed by atoms with Gasteiger partial charge in [-0.15, -0.1) is 0 Å². The number of amides is 3. The van der Waals surface area contributed by atoms with Gasteiger partial charge >= 0.3 is 0 Å². The van der Waals surface area contributed by atoms with Gasteiger partial charge in [0.05, 0.1) is 11.8 Å². The van der Waals surface area contributed by atoms with E-state index in [1.807, 2.05) is 34.6 Å². The monoisotopic (exact) mass is 383 g/mol. The molecule has 0 aromatic rings. The Balaban J connectivity index is 3.16. The van der Waals surface area contributed by atoms with Gasteiger partial charge in [-0.05, 0) is 36.5 Å². The van der Waals surface area contributed by atoms with Gasteiger partial charge in [0, 0.05) is 7.05 Å². The van der Waals surface area contributed by atoms with Crippen LogP contribution in [0.2, 0.25) is 0 Å². The molecule has 1 aliphatic carbocycles. The lowest BCUT2D eigenvalue weighted by Gasteiger charge is -2.34. The number of rotatable bonds is 8. The van der Waals surface area contributed by atoms with Gasteiger partial charge in [-0.25, -0.2) is 5.48 Å². The van der Waals surface area contributed by atoms with Crippen molar-refractivity contribution in [2.75, 3.05) is 7.05 Å². The normalized spacial score (nSPS) is 18.7. The molecule has 0 saturated heterocycles. The van der Waals surface area contributed by atoms with Gasteiger partial charge in [-0.1, -0.05) is 47.5 Å². The molecule has 0 aliphatic heterocycles. The first-order valence-corrected chi connectivity index (χ1v) is 9.98. The largest absolute Gasteiger partial charge is 0.357 e. The number of carbonyl (C=O) groups is 3. The highest BCUT2D eigenvalue weighted by molar-refractivity contribution is 5.91. The lowest BCUT2D eigenvalue weighted by molar-refractivity contribution is -0.144. The van der Waals surface area contributed by atoms with Gasteiger partial charge in [0.1, 0.15) is 6.04 Å². The SMILES string of the molecule is CNC(=O)[C@@H](NC(=O)C(CC(C)C)C(C(=O)NO)C1CCCC1)C(C)(C)C. The first kappa shape index (κ1) is 23.4. The smallest absolute Gasteiger partial charge is 0.247 e. The van der Waals surface area contributed by atoms with E-state index in [-0.39, 0.29) is 23.7 Å². The minimum Gasteiger partial charge on any atom is -0.357 e. The predicted octanol–water partition coefficient (Wildman–Crippen LogP) is 2.24. The molecule has 27 heavy (non-hydrogen) atoms. The maximum atomic E-state index is 13.2. The molecule has 2 unspecified atom stereocenters. The number of hydrogen-bond acceptors (Lipinski definition) is 4. The second kappa shape index (κ2) is 10.1. The molecule has 0 radical (unpaired) electrons. The first-order chi connectivity index (χ1) is 12.5. The van der Waals surface area contributed by atoms with Crippen molar-refractivity contribution in [1.82, 2.24) is 16.1 Å². The zero-order valence-corrected chi connectivity index (χ0v) is 17.6. The third-order valence-corrected chi connectivity index (χ3v) is 5.48. The Morgan fingerprint density at radius 3 is 2.00 bits per heavy atom. The standard InChI is InChI=1S/C20H37N3O4/c1-12(2)11-14(15(18(25)23-27)13-9-7-8-10-13)17(24)22-16(19(26)21-6)20(3,4)5/h12-16,27H,7-11H2,1-6H3,(H,21,26)(H,22,24)(H,23,25)/t14?,15?,16-/m1/s1. The van der Waals surface area contributed by atoms with Crippen LogP contribution in [0.3, 0.4) is 0 Å². The summed E-state index contributed by atoms with van der Waals surface area (Å²) >= 11 is 0. The van der Waals surface area contributed by atoms with Crippen LogP contribution in [0.25, 0.3) is 0 Å². The van der Waals surface area contributed by atoms with Gasteiger partial charge in [0.25, 0.3) is 0 Å². The van der Waals surface area contributed by atoms with E-state index in [1.54, 1.807) is 12.5 Å². The Labute approximate surface area is 163 Å². The van der Waals surface area contributed by atoms with Gasteiger partial charge in [0.15, 0.2) is 0 Å². The molecule has 7 nitrogen and oxygen atoms in total. The highest BCUT2D eigenvalue weighted by Crippen LogP contribution is 2.38. The van der Waals surface area contributed by atoms with E-state index >= 15 is 0 Å². The summed E-state index contributed by atoms with van der Waals surface area (Å²) in [5.74, 6) is -1.98. The molecule has 1 fully saturated rings. The van der Waals surface area contributed by atoms with Crippen LogP contribution >= 0.6 is 0 Å². The molecule has 3 atom stereocenters. The van der Waals surface area contributed by atoms with Crippen molar-refractivity contribution < 1.29 is 19.6 Å². The summed E-state index contributed by atoms with van der Waals surface area (Å²) in [5, 5.41) is 14.8. The third kappa shape index (κ3) is 6.48. The molecule has 0 spiro atoms. The van der Waals surface area contributed by atoms with Gasteiger partial charge in [0.2, 0.25) is 17.7 Å². The lowest BCUT2D eigenvalue weighted by Crippen LogP contribution is -2.56. The topological polar surface area (TPSA) is 108 Å². The Morgan fingerprint density at radius 2 is 1.59 bits per heavy atom. The molecule has 0 aromatic heterocycles. The maximum absolute atomic E-state index is 13.2. The zero-order chi connectivity index (χ0) is 20.8. The Hall–Kier alpha value is -1.63. The number of hydroxylamine groups is 1. The van der Waals surface area contributed by atoms with Crippen LogP contribution < -0.4 is 16.1 Å². The molecule has 1 aliphatic rings. The molecule has 7 heteroatoms. The molecule has 0 aromatic carbocycles. The predicted molar refractivity (Wildman–Crippen MR) is 104 cm³/mol. The number of carbonyl (C=O) groups excluding carboxylic acids is 3. The summed E-state index contributed by atoms with van der Waals surface area (Å²) in [5.41, 5.74) is 1.30. The molecule has 3 amide bonds. The van der Waals surface area contributed by atoms with Crippen molar-refractivity contribution in [3.8, 4) is 0 Å². The van der Waals surface area contributed by atoms with Gasteiger partial charge in [-0.3, -0.25) is 19.6 Å². The number of nitrogens with one attached hydrogen (secondary N) is 3. The summed E-state index contributed by atoms with van der Waals surface area (Å²) in [7, 11) is 1.54. The highest BCUT2D eigenvalue weighted by Gasteiger charge is 2.42. The van der Waals surface area contributed by atoms with Crippen molar-refractivity contribution in [2.45, 2.75) is 72.8 Å². The van der Waals surface area contributed by atoms with Crippen LogP contribution in [0.15, 0.2) is 0 Å². The number of likely N-dealkylation sites (N-methyl/N-ethyl adjacent to an activating group) is 1. The second-order valence-corrected chi connectivity index (χ2v) is 9.20. The van der Waals surface area contributed by atoms with Crippen molar-refractivity contribution in [3.63, 3.8) is 0 Å². The quantitative estimate of drug-likeness (QED) is 0.381. The van der Waals surface area contributed by atoms with Crippen LogP contribution in [-0.2, 0) is 14.4 Å². The average Bonchev–Trinajstić information content (AvgIpc) is 3.10. The first-order valence-electron chi connectivity index (χ1n) is 9.98. The third-order valence-electron chi connectivity index (χ3n) is 5.48. The van der Waals surface area contributed by atoms with Gasteiger partial charge < -0.3 is 10.6 Å². The Morgan fingerprint density at radius 1 is 1.04 bits per heavy atom. The van der Waals surface area contributed by atoms with E-state index in [2.05, 4.69) is 10.6 Å². The van der Waals surface area contributed by atoms with Crippen LogP contribution in [0.1, 0.15) is 66.7 Å². The van der Waals surface area contributed by atoms with Crippen LogP contribution in [-0.4, -0.2) is 36.0 Å². The minimum absolute atomic E-state index is 0.0692. The highest BCUT2D eigenvalue weighted by atomic mass is 16.5. The molecular weight excluding hydrogens is 346 g/mol. The summed E-state index contributed by atoms with van der Waals surface area (Å²) in [6.45, 7) is 9.67. The van der Waals surface area contributed by atoms with E-state index in [9.17, 15) is 19.6 Å². The van der Waals surface area contributed by atoms with E-state index in [0.717, 1.165) is 25.7 Å². The van der Waals surface area contributed by atoms with Crippen LogP contribution in [0.5, 0.6) is 0 Å². The molecule has 1 rings (SSSR count). The average molecular weight is 384 g/mol. The Kier molecular flexibility index (Phi) is 8.72. The fourth-order valence-electron chi connectivity index (χ4n) is 4.11. The van der Waals surface area contributed by atoms with E-state index in [4.69, 9.17) is 0 Å². The number of hydrogen-bond donors (Lipinski definition) is 4. The summed E-state index contributed by atoms with van der Waals surface area (Å²) < 4.78 is 0. The van der Waals surface area contributed by atoms with E-state index in [0.29, 0.717) is 6.42 Å².